The maximum Gasteiger partial charge on any atom is 0.254 e. The molecule has 0 spiro atoms. The van der Waals surface area contributed by atoms with Crippen LogP contribution in [0.25, 0.3) is 0 Å². The molecular weight excluding hydrogens is 400 g/mol. The highest BCUT2D eigenvalue weighted by Crippen LogP contribution is 2.46. The van der Waals surface area contributed by atoms with Crippen LogP contribution in [-0.4, -0.2) is 35.9 Å². The number of amides is 2. The summed E-state index contributed by atoms with van der Waals surface area (Å²) in [4.78, 5) is 29.6. The Bertz CT molecular complexity index is 950. The van der Waals surface area contributed by atoms with Crippen molar-refractivity contribution in [1.82, 2.24) is 10.2 Å². The Hall–Kier alpha value is -2.82. The molecule has 1 saturated carbocycles. The summed E-state index contributed by atoms with van der Waals surface area (Å²) >= 11 is 0. The van der Waals surface area contributed by atoms with Crippen molar-refractivity contribution in [2.75, 3.05) is 7.11 Å². The van der Waals surface area contributed by atoms with E-state index in [4.69, 9.17) is 4.74 Å². The van der Waals surface area contributed by atoms with Gasteiger partial charge < -0.3 is 15.0 Å². The highest BCUT2D eigenvalue weighted by molar-refractivity contribution is 6.01. The van der Waals surface area contributed by atoms with E-state index in [9.17, 15) is 9.59 Å². The van der Waals surface area contributed by atoms with Gasteiger partial charge in [-0.05, 0) is 55.5 Å². The standard InChI is InChI=1S/C27H34N2O3/c1-4-18(2)28-26(30)24-22-12-8-9-13-23(22)27(31)29(20-10-6-5-7-11-20)25(24)19-14-16-21(32-3)17-15-19/h8-9,12-18,20,24-25H,4-7,10-11H2,1-3H3,(H,28,30)/t18-,24-,25+/m0/s1. The zero-order chi connectivity index (χ0) is 22.7. The molecule has 1 fully saturated rings. The minimum Gasteiger partial charge on any atom is -0.497 e. The lowest BCUT2D eigenvalue weighted by atomic mass is 9.77. The van der Waals surface area contributed by atoms with Crippen LogP contribution in [0.2, 0.25) is 0 Å². The number of carbonyl (C=O) groups excluding carboxylic acids is 2. The van der Waals surface area contributed by atoms with Gasteiger partial charge in [0.25, 0.3) is 5.91 Å². The fourth-order valence-electron chi connectivity index (χ4n) is 5.18. The maximum absolute atomic E-state index is 13.8. The van der Waals surface area contributed by atoms with E-state index in [1.54, 1.807) is 7.11 Å². The van der Waals surface area contributed by atoms with Gasteiger partial charge in [-0.3, -0.25) is 9.59 Å². The van der Waals surface area contributed by atoms with E-state index in [0.29, 0.717) is 5.56 Å². The summed E-state index contributed by atoms with van der Waals surface area (Å²) in [7, 11) is 1.64. The molecule has 2 aromatic rings. The minimum absolute atomic E-state index is 0.0130. The number of nitrogens with zero attached hydrogens (tertiary/aromatic N) is 1. The number of benzene rings is 2. The molecule has 1 heterocycles. The van der Waals surface area contributed by atoms with Gasteiger partial charge in [-0.25, -0.2) is 0 Å². The molecule has 5 nitrogen and oxygen atoms in total. The van der Waals surface area contributed by atoms with Crippen molar-refractivity contribution in [1.29, 1.82) is 0 Å². The molecule has 0 unspecified atom stereocenters. The number of rotatable bonds is 6. The normalized spacial score (nSPS) is 22.2. The number of carbonyl (C=O) groups is 2. The van der Waals surface area contributed by atoms with Crippen LogP contribution in [0.5, 0.6) is 5.75 Å². The van der Waals surface area contributed by atoms with E-state index >= 15 is 0 Å². The summed E-state index contributed by atoms with van der Waals surface area (Å²) < 4.78 is 5.36. The average molecular weight is 435 g/mol. The van der Waals surface area contributed by atoms with E-state index in [-0.39, 0.29) is 29.9 Å². The molecule has 1 aliphatic heterocycles. The Morgan fingerprint density at radius 3 is 2.44 bits per heavy atom. The number of hydrogen-bond acceptors (Lipinski definition) is 3. The van der Waals surface area contributed by atoms with E-state index in [0.717, 1.165) is 49.0 Å². The molecule has 1 N–H and O–H groups in total. The number of hydrogen-bond donors (Lipinski definition) is 1. The van der Waals surface area contributed by atoms with Crippen molar-refractivity contribution in [3.63, 3.8) is 0 Å². The first kappa shape index (κ1) is 22.4. The van der Waals surface area contributed by atoms with Gasteiger partial charge in [-0.2, -0.15) is 0 Å². The molecule has 0 radical (unpaired) electrons. The van der Waals surface area contributed by atoms with Crippen LogP contribution in [0.1, 0.15) is 85.8 Å². The molecule has 2 aromatic carbocycles. The molecule has 170 valence electrons. The second kappa shape index (κ2) is 9.76. The number of methoxy groups -OCH3 is 1. The fraction of sp³-hybridized carbons (Fsp3) is 0.481. The van der Waals surface area contributed by atoms with Gasteiger partial charge in [0.1, 0.15) is 5.75 Å². The monoisotopic (exact) mass is 434 g/mol. The predicted octanol–water partition coefficient (Wildman–Crippen LogP) is 5.22. The SMILES string of the molecule is CC[C@H](C)NC(=O)[C@H]1c2ccccc2C(=O)N(C2CCCCC2)[C@@H]1c1ccc(OC)cc1. The van der Waals surface area contributed by atoms with Gasteiger partial charge in [-0.1, -0.05) is 56.5 Å². The van der Waals surface area contributed by atoms with Crippen molar-refractivity contribution < 1.29 is 14.3 Å². The molecule has 0 saturated heterocycles. The van der Waals surface area contributed by atoms with Crippen molar-refractivity contribution >= 4 is 11.8 Å². The molecule has 5 heteroatoms. The lowest BCUT2D eigenvalue weighted by Crippen LogP contribution is -2.52. The zero-order valence-corrected chi connectivity index (χ0v) is 19.3. The summed E-state index contributed by atoms with van der Waals surface area (Å²) in [5.41, 5.74) is 2.46. The first-order valence-electron chi connectivity index (χ1n) is 11.9. The van der Waals surface area contributed by atoms with Crippen molar-refractivity contribution in [3.8, 4) is 5.75 Å². The van der Waals surface area contributed by atoms with Gasteiger partial charge >= 0.3 is 0 Å². The summed E-state index contributed by atoms with van der Waals surface area (Å²) in [6.07, 6.45) is 6.28. The maximum atomic E-state index is 13.8. The number of ether oxygens (including phenoxy) is 1. The Morgan fingerprint density at radius 2 is 1.78 bits per heavy atom. The van der Waals surface area contributed by atoms with Crippen LogP contribution in [-0.2, 0) is 4.79 Å². The third-order valence-corrected chi connectivity index (χ3v) is 7.09. The topological polar surface area (TPSA) is 58.6 Å². The quantitative estimate of drug-likeness (QED) is 0.678. The highest BCUT2D eigenvalue weighted by atomic mass is 16.5. The molecule has 32 heavy (non-hydrogen) atoms. The Kier molecular flexibility index (Phi) is 6.83. The van der Waals surface area contributed by atoms with E-state index in [1.807, 2.05) is 60.4 Å². The first-order valence-corrected chi connectivity index (χ1v) is 11.9. The van der Waals surface area contributed by atoms with Gasteiger partial charge in [0.05, 0.1) is 19.1 Å². The minimum atomic E-state index is -0.451. The Morgan fingerprint density at radius 1 is 1.09 bits per heavy atom. The second-order valence-electron chi connectivity index (χ2n) is 9.11. The Labute approximate surface area is 191 Å². The van der Waals surface area contributed by atoms with Gasteiger partial charge in [0, 0.05) is 17.6 Å². The van der Waals surface area contributed by atoms with Crippen LogP contribution in [0.4, 0.5) is 0 Å². The van der Waals surface area contributed by atoms with Crippen molar-refractivity contribution in [2.45, 2.75) is 76.4 Å². The molecule has 0 bridgehead atoms. The van der Waals surface area contributed by atoms with Gasteiger partial charge in [-0.15, -0.1) is 0 Å². The van der Waals surface area contributed by atoms with Crippen LogP contribution in [0.15, 0.2) is 48.5 Å². The fourth-order valence-corrected chi connectivity index (χ4v) is 5.18. The average Bonchev–Trinajstić information content (AvgIpc) is 2.84. The summed E-state index contributed by atoms with van der Waals surface area (Å²) in [6, 6.07) is 15.4. The first-order chi connectivity index (χ1) is 15.5. The molecule has 1 aliphatic carbocycles. The zero-order valence-electron chi connectivity index (χ0n) is 19.3. The van der Waals surface area contributed by atoms with E-state index in [1.165, 1.54) is 6.42 Å². The summed E-state index contributed by atoms with van der Waals surface area (Å²) in [6.45, 7) is 4.09. The number of nitrogens with one attached hydrogen (secondary N) is 1. The molecule has 2 amide bonds. The van der Waals surface area contributed by atoms with Crippen LogP contribution in [0, 0.1) is 0 Å². The molecular formula is C27H34N2O3. The molecule has 0 aromatic heterocycles. The Balaban J connectivity index is 1.86. The van der Waals surface area contributed by atoms with Crippen molar-refractivity contribution in [3.05, 3.63) is 65.2 Å². The number of fused-ring (bicyclic) bond motifs is 1. The summed E-state index contributed by atoms with van der Waals surface area (Å²) in [5, 5.41) is 3.20. The van der Waals surface area contributed by atoms with Crippen molar-refractivity contribution in [2.24, 2.45) is 0 Å². The largest absolute Gasteiger partial charge is 0.497 e. The third-order valence-electron chi connectivity index (χ3n) is 7.09. The summed E-state index contributed by atoms with van der Waals surface area (Å²) in [5.74, 6) is 0.344. The molecule has 2 aliphatic rings. The predicted molar refractivity (Wildman–Crippen MR) is 126 cm³/mol. The van der Waals surface area contributed by atoms with Crippen LogP contribution < -0.4 is 10.1 Å². The van der Waals surface area contributed by atoms with Gasteiger partial charge in [0.15, 0.2) is 0 Å². The van der Waals surface area contributed by atoms with Crippen LogP contribution in [0.3, 0.4) is 0 Å². The molecule has 4 rings (SSSR count). The lowest BCUT2D eigenvalue weighted by Gasteiger charge is -2.47. The smallest absolute Gasteiger partial charge is 0.254 e. The third kappa shape index (κ3) is 4.25. The second-order valence-corrected chi connectivity index (χ2v) is 9.11. The molecule has 3 atom stereocenters. The van der Waals surface area contributed by atoms with E-state index in [2.05, 4.69) is 12.2 Å². The van der Waals surface area contributed by atoms with Gasteiger partial charge in [0.2, 0.25) is 5.91 Å². The van der Waals surface area contributed by atoms with E-state index < -0.39 is 5.92 Å². The van der Waals surface area contributed by atoms with Crippen LogP contribution >= 0.6 is 0 Å². The lowest BCUT2D eigenvalue weighted by molar-refractivity contribution is -0.125. The highest BCUT2D eigenvalue weighted by Gasteiger charge is 2.46.